The van der Waals surface area contributed by atoms with Crippen molar-refractivity contribution < 1.29 is 13.9 Å². The molecule has 5 heteroatoms. The van der Waals surface area contributed by atoms with Crippen LogP contribution in [0.4, 0.5) is 5.69 Å². The molecule has 0 radical (unpaired) electrons. The van der Waals surface area contributed by atoms with E-state index >= 15 is 0 Å². The number of carbonyl (C=O) groups excluding carboxylic acids is 1. The molecule has 4 nitrogen and oxygen atoms in total. The summed E-state index contributed by atoms with van der Waals surface area (Å²) in [6, 6.07) is 8.53. The van der Waals surface area contributed by atoms with Gasteiger partial charge in [-0.25, -0.2) is 0 Å². The van der Waals surface area contributed by atoms with Gasteiger partial charge in [-0.1, -0.05) is 11.6 Å². The molecule has 2 rings (SSSR count). The zero-order valence-corrected chi connectivity index (χ0v) is 11.0. The first-order valence-corrected chi connectivity index (χ1v) is 5.93. The molecular formula is C14H12ClNO3. The predicted molar refractivity (Wildman–Crippen MR) is 74.4 cm³/mol. The molecule has 2 aromatic rings. The van der Waals surface area contributed by atoms with Crippen LogP contribution in [0.3, 0.4) is 0 Å². The number of carbonyl (C=O) groups is 1. The Labute approximate surface area is 115 Å². The Balaban J connectivity index is 2.01. The molecule has 1 aromatic carbocycles. The summed E-state index contributed by atoms with van der Waals surface area (Å²) < 4.78 is 10.1. The molecule has 0 saturated heterocycles. The molecule has 1 aromatic heterocycles. The molecule has 1 heterocycles. The second-order valence-corrected chi connectivity index (χ2v) is 4.09. The van der Waals surface area contributed by atoms with Crippen molar-refractivity contribution in [2.24, 2.45) is 0 Å². The number of hydrogen-bond donors (Lipinski definition) is 1. The Morgan fingerprint density at radius 2 is 2.26 bits per heavy atom. The van der Waals surface area contributed by atoms with E-state index in [1.165, 1.54) is 13.2 Å². The van der Waals surface area contributed by atoms with Crippen LogP contribution in [0.5, 0.6) is 5.75 Å². The molecule has 0 fully saturated rings. The predicted octanol–water partition coefficient (Wildman–Crippen LogP) is 3.59. The minimum Gasteiger partial charge on any atom is -0.495 e. The van der Waals surface area contributed by atoms with Crippen molar-refractivity contribution in [1.29, 1.82) is 0 Å². The number of amides is 1. The third kappa shape index (κ3) is 3.63. The molecular weight excluding hydrogens is 266 g/mol. The fourth-order valence-electron chi connectivity index (χ4n) is 1.47. The monoisotopic (exact) mass is 277 g/mol. The quantitative estimate of drug-likeness (QED) is 0.869. The summed E-state index contributed by atoms with van der Waals surface area (Å²) in [7, 11) is 1.53. The van der Waals surface area contributed by atoms with Crippen LogP contribution in [0, 0.1) is 0 Å². The van der Waals surface area contributed by atoms with Crippen LogP contribution in [0.2, 0.25) is 5.02 Å². The smallest absolute Gasteiger partial charge is 0.248 e. The first kappa shape index (κ1) is 13.2. The van der Waals surface area contributed by atoms with E-state index in [9.17, 15) is 4.79 Å². The van der Waals surface area contributed by atoms with E-state index in [0.717, 1.165) is 0 Å². The highest BCUT2D eigenvalue weighted by atomic mass is 35.5. The Kier molecular flexibility index (Phi) is 4.26. The van der Waals surface area contributed by atoms with E-state index < -0.39 is 0 Å². The van der Waals surface area contributed by atoms with Gasteiger partial charge in [0.05, 0.1) is 18.4 Å². The lowest BCUT2D eigenvalue weighted by molar-refractivity contribution is -0.111. The van der Waals surface area contributed by atoms with E-state index in [1.54, 1.807) is 42.7 Å². The van der Waals surface area contributed by atoms with Crippen LogP contribution in [0.1, 0.15) is 5.76 Å². The van der Waals surface area contributed by atoms with E-state index in [0.29, 0.717) is 22.2 Å². The Hall–Kier alpha value is -2.20. The van der Waals surface area contributed by atoms with Gasteiger partial charge in [0.1, 0.15) is 11.5 Å². The van der Waals surface area contributed by atoms with Crippen LogP contribution in [0.15, 0.2) is 47.1 Å². The molecule has 0 spiro atoms. The first-order chi connectivity index (χ1) is 9.19. The number of ether oxygens (including phenoxy) is 1. The highest BCUT2D eigenvalue weighted by Gasteiger charge is 2.03. The largest absolute Gasteiger partial charge is 0.495 e. The fraction of sp³-hybridized carbons (Fsp3) is 0.0714. The van der Waals surface area contributed by atoms with Crippen molar-refractivity contribution in [2.45, 2.75) is 0 Å². The van der Waals surface area contributed by atoms with Crippen molar-refractivity contribution in [3.63, 3.8) is 0 Å². The lowest BCUT2D eigenvalue weighted by Crippen LogP contribution is -2.07. The second-order valence-electron chi connectivity index (χ2n) is 3.69. The maximum atomic E-state index is 11.7. The number of furan rings is 1. The van der Waals surface area contributed by atoms with E-state index in [-0.39, 0.29) is 5.91 Å². The molecule has 1 N–H and O–H groups in total. The van der Waals surface area contributed by atoms with Gasteiger partial charge < -0.3 is 14.5 Å². The normalized spacial score (nSPS) is 10.6. The highest BCUT2D eigenvalue weighted by molar-refractivity contribution is 6.32. The van der Waals surface area contributed by atoms with Crippen LogP contribution in [-0.4, -0.2) is 13.0 Å². The van der Waals surface area contributed by atoms with Crippen molar-refractivity contribution in [3.8, 4) is 5.75 Å². The molecule has 0 aliphatic carbocycles. The van der Waals surface area contributed by atoms with E-state index in [2.05, 4.69) is 5.32 Å². The van der Waals surface area contributed by atoms with Crippen molar-refractivity contribution in [1.82, 2.24) is 0 Å². The fourth-order valence-corrected chi connectivity index (χ4v) is 1.73. The molecule has 0 aliphatic heterocycles. The van der Waals surface area contributed by atoms with Gasteiger partial charge in [-0.15, -0.1) is 0 Å². The van der Waals surface area contributed by atoms with Crippen LogP contribution in [0.25, 0.3) is 6.08 Å². The van der Waals surface area contributed by atoms with Gasteiger partial charge in [0.25, 0.3) is 0 Å². The van der Waals surface area contributed by atoms with Gasteiger partial charge in [-0.3, -0.25) is 4.79 Å². The number of nitrogens with one attached hydrogen (secondary N) is 1. The SMILES string of the molecule is COc1ccc(NC(=O)C=Cc2ccco2)cc1Cl. The van der Waals surface area contributed by atoms with Gasteiger partial charge in [0, 0.05) is 11.8 Å². The van der Waals surface area contributed by atoms with Crippen LogP contribution >= 0.6 is 11.6 Å². The Morgan fingerprint density at radius 1 is 1.42 bits per heavy atom. The van der Waals surface area contributed by atoms with E-state index in [1.807, 2.05) is 0 Å². The van der Waals surface area contributed by atoms with Crippen LogP contribution < -0.4 is 10.1 Å². The average Bonchev–Trinajstić information content (AvgIpc) is 2.90. The number of benzene rings is 1. The molecule has 98 valence electrons. The third-order valence-corrected chi connectivity index (χ3v) is 2.66. The summed E-state index contributed by atoms with van der Waals surface area (Å²) >= 11 is 5.96. The molecule has 0 aliphatic rings. The number of halogens is 1. The molecule has 0 unspecified atom stereocenters. The van der Waals surface area contributed by atoms with Gasteiger partial charge in [-0.2, -0.15) is 0 Å². The van der Waals surface area contributed by atoms with Crippen molar-refractivity contribution in [2.75, 3.05) is 12.4 Å². The van der Waals surface area contributed by atoms with Gasteiger partial charge in [0.2, 0.25) is 5.91 Å². The van der Waals surface area contributed by atoms with Gasteiger partial charge in [-0.05, 0) is 36.4 Å². The lowest BCUT2D eigenvalue weighted by Gasteiger charge is -2.06. The maximum absolute atomic E-state index is 11.7. The van der Waals surface area contributed by atoms with Gasteiger partial charge in [0.15, 0.2) is 0 Å². The molecule has 1 amide bonds. The molecule has 0 atom stereocenters. The standard InChI is InChI=1S/C14H12ClNO3/c1-18-13-6-4-10(9-12(13)15)16-14(17)7-5-11-3-2-8-19-11/h2-9H,1H3,(H,16,17). The van der Waals surface area contributed by atoms with E-state index in [4.69, 9.17) is 20.8 Å². The minimum atomic E-state index is -0.266. The molecule has 0 saturated carbocycles. The zero-order valence-electron chi connectivity index (χ0n) is 10.2. The first-order valence-electron chi connectivity index (χ1n) is 5.55. The van der Waals surface area contributed by atoms with Crippen molar-refractivity contribution >= 4 is 29.3 Å². The molecule has 0 bridgehead atoms. The third-order valence-electron chi connectivity index (χ3n) is 2.36. The Bertz CT molecular complexity index is 591. The lowest BCUT2D eigenvalue weighted by atomic mass is 10.3. The highest BCUT2D eigenvalue weighted by Crippen LogP contribution is 2.27. The van der Waals surface area contributed by atoms with Crippen LogP contribution in [-0.2, 0) is 4.79 Å². The summed E-state index contributed by atoms with van der Waals surface area (Å²) in [6.07, 6.45) is 4.51. The summed E-state index contributed by atoms with van der Waals surface area (Å²) in [6.45, 7) is 0. The second kappa shape index (κ2) is 6.11. The summed E-state index contributed by atoms with van der Waals surface area (Å²) in [5.74, 6) is 0.909. The summed E-state index contributed by atoms with van der Waals surface area (Å²) in [5, 5.41) is 3.13. The average molecular weight is 278 g/mol. The molecule has 19 heavy (non-hydrogen) atoms. The number of rotatable bonds is 4. The topological polar surface area (TPSA) is 51.5 Å². The van der Waals surface area contributed by atoms with Gasteiger partial charge >= 0.3 is 0 Å². The zero-order chi connectivity index (χ0) is 13.7. The minimum absolute atomic E-state index is 0.266. The Morgan fingerprint density at radius 3 is 2.89 bits per heavy atom. The number of methoxy groups -OCH3 is 1. The maximum Gasteiger partial charge on any atom is 0.248 e. The summed E-state index contributed by atoms with van der Waals surface area (Å²) in [4.78, 5) is 11.7. The summed E-state index contributed by atoms with van der Waals surface area (Å²) in [5.41, 5.74) is 0.597. The number of hydrogen-bond acceptors (Lipinski definition) is 3. The number of anilines is 1. The van der Waals surface area contributed by atoms with Crippen molar-refractivity contribution in [3.05, 3.63) is 53.5 Å².